The van der Waals surface area contributed by atoms with Gasteiger partial charge in [-0.25, -0.2) is 4.98 Å². The zero-order valence-electron chi connectivity index (χ0n) is 11.3. The number of hydrogen-bond acceptors (Lipinski definition) is 2. The van der Waals surface area contributed by atoms with Gasteiger partial charge in [-0.15, -0.1) is 0 Å². The van der Waals surface area contributed by atoms with Gasteiger partial charge in [0, 0.05) is 6.20 Å². The summed E-state index contributed by atoms with van der Waals surface area (Å²) in [5, 5.41) is 0. The summed E-state index contributed by atoms with van der Waals surface area (Å²) in [6, 6.07) is 4.41. The number of rotatable bonds is 2. The number of benzene rings is 1. The van der Waals surface area contributed by atoms with Gasteiger partial charge in [-0.05, 0) is 42.0 Å². The fourth-order valence-electron chi connectivity index (χ4n) is 2.75. The van der Waals surface area contributed by atoms with E-state index in [1.165, 1.54) is 11.1 Å². The first kappa shape index (κ1) is 11.3. The van der Waals surface area contributed by atoms with Gasteiger partial charge in [0.15, 0.2) is 0 Å². The second-order valence-corrected chi connectivity index (χ2v) is 5.15. The zero-order chi connectivity index (χ0) is 12.9. The predicted molar refractivity (Wildman–Crippen MR) is 71.7 cm³/mol. The van der Waals surface area contributed by atoms with E-state index in [-0.39, 0.29) is 0 Å². The lowest BCUT2D eigenvalue weighted by molar-refractivity contribution is 0.408. The van der Waals surface area contributed by atoms with Crippen LogP contribution in [-0.2, 0) is 0 Å². The maximum Gasteiger partial charge on any atom is 0.143 e. The van der Waals surface area contributed by atoms with E-state index in [0.29, 0.717) is 11.8 Å². The molecule has 2 unspecified atom stereocenters. The van der Waals surface area contributed by atoms with E-state index in [4.69, 9.17) is 4.74 Å². The van der Waals surface area contributed by atoms with Crippen molar-refractivity contribution in [1.82, 2.24) is 9.55 Å². The second-order valence-electron chi connectivity index (χ2n) is 5.15. The van der Waals surface area contributed by atoms with Crippen molar-refractivity contribution in [1.29, 1.82) is 0 Å². The van der Waals surface area contributed by atoms with Crippen molar-refractivity contribution in [3.8, 4) is 11.4 Å². The Morgan fingerprint density at radius 3 is 2.39 bits per heavy atom. The van der Waals surface area contributed by atoms with Gasteiger partial charge in [-0.1, -0.05) is 13.8 Å². The summed E-state index contributed by atoms with van der Waals surface area (Å²) in [7, 11) is 1.72. The molecular weight excluding hydrogens is 224 g/mol. The van der Waals surface area contributed by atoms with E-state index >= 15 is 0 Å². The van der Waals surface area contributed by atoms with Gasteiger partial charge in [-0.2, -0.15) is 0 Å². The molecule has 1 aliphatic rings. The molecule has 3 rings (SSSR count). The topological polar surface area (TPSA) is 27.1 Å². The molecule has 0 radical (unpaired) electrons. The SMILES string of the molecule is COc1cc2c(cc1-n1cnc(C)c1)C(C)C2C. The molecule has 2 atom stereocenters. The first-order chi connectivity index (χ1) is 8.61. The van der Waals surface area contributed by atoms with E-state index in [2.05, 4.69) is 31.0 Å². The third kappa shape index (κ3) is 1.47. The number of hydrogen-bond donors (Lipinski definition) is 0. The minimum atomic E-state index is 0.632. The number of imidazole rings is 1. The third-order valence-electron chi connectivity index (χ3n) is 4.11. The van der Waals surface area contributed by atoms with Crippen molar-refractivity contribution in [2.24, 2.45) is 0 Å². The molecule has 18 heavy (non-hydrogen) atoms. The summed E-state index contributed by atoms with van der Waals surface area (Å²) in [5.41, 5.74) is 4.95. The van der Waals surface area contributed by atoms with Gasteiger partial charge < -0.3 is 9.30 Å². The van der Waals surface area contributed by atoms with Crippen molar-refractivity contribution in [3.05, 3.63) is 41.5 Å². The molecule has 0 saturated carbocycles. The summed E-state index contributed by atoms with van der Waals surface area (Å²) < 4.78 is 7.55. The third-order valence-corrected chi connectivity index (χ3v) is 4.11. The smallest absolute Gasteiger partial charge is 0.143 e. The summed E-state index contributed by atoms with van der Waals surface area (Å²) in [5.74, 6) is 2.19. The molecule has 0 bridgehead atoms. The van der Waals surface area contributed by atoms with E-state index in [9.17, 15) is 0 Å². The Bertz CT molecular complexity index is 601. The lowest BCUT2D eigenvalue weighted by atomic mass is 9.70. The summed E-state index contributed by atoms with van der Waals surface area (Å²) in [6.07, 6.45) is 3.86. The first-order valence-electron chi connectivity index (χ1n) is 6.34. The first-order valence-corrected chi connectivity index (χ1v) is 6.34. The van der Waals surface area contributed by atoms with Crippen LogP contribution in [-0.4, -0.2) is 16.7 Å². The highest BCUT2D eigenvalue weighted by molar-refractivity contribution is 5.58. The molecule has 3 heteroatoms. The average Bonchev–Trinajstić information content (AvgIpc) is 2.82. The minimum absolute atomic E-state index is 0.632. The Labute approximate surface area is 107 Å². The van der Waals surface area contributed by atoms with Gasteiger partial charge in [0.05, 0.1) is 24.8 Å². The quantitative estimate of drug-likeness (QED) is 0.807. The molecular formula is C15H18N2O. The number of fused-ring (bicyclic) bond motifs is 1. The number of aromatic nitrogens is 2. The van der Waals surface area contributed by atoms with Gasteiger partial charge in [0.1, 0.15) is 5.75 Å². The van der Waals surface area contributed by atoms with Crippen LogP contribution < -0.4 is 4.74 Å². The highest BCUT2D eigenvalue weighted by Gasteiger charge is 2.32. The Kier molecular flexibility index (Phi) is 2.44. The summed E-state index contributed by atoms with van der Waals surface area (Å²) >= 11 is 0. The van der Waals surface area contributed by atoms with Gasteiger partial charge in [0.2, 0.25) is 0 Å². The molecule has 0 N–H and O–H groups in total. The molecule has 0 fully saturated rings. The molecule has 94 valence electrons. The number of ether oxygens (including phenoxy) is 1. The minimum Gasteiger partial charge on any atom is -0.495 e. The van der Waals surface area contributed by atoms with Crippen LogP contribution in [0.2, 0.25) is 0 Å². The van der Waals surface area contributed by atoms with E-state index in [1.807, 2.05) is 24.0 Å². The van der Waals surface area contributed by atoms with Crippen molar-refractivity contribution >= 4 is 0 Å². The number of nitrogens with zero attached hydrogens (tertiary/aromatic N) is 2. The van der Waals surface area contributed by atoms with E-state index in [1.54, 1.807) is 7.11 Å². The fourth-order valence-corrected chi connectivity index (χ4v) is 2.75. The normalized spacial score (nSPS) is 21.3. The Hall–Kier alpha value is -1.77. The average molecular weight is 242 g/mol. The summed E-state index contributed by atoms with van der Waals surface area (Å²) in [4.78, 5) is 4.28. The molecule has 3 nitrogen and oxygen atoms in total. The Morgan fingerprint density at radius 1 is 1.17 bits per heavy atom. The number of aryl methyl sites for hydroxylation is 1. The molecule has 1 heterocycles. The molecule has 0 aliphatic heterocycles. The van der Waals surface area contributed by atoms with E-state index in [0.717, 1.165) is 17.1 Å². The highest BCUT2D eigenvalue weighted by atomic mass is 16.5. The van der Waals surface area contributed by atoms with Crippen LogP contribution >= 0.6 is 0 Å². The predicted octanol–water partition coefficient (Wildman–Crippen LogP) is 3.41. The standard InChI is InChI=1S/C15H18N2O/c1-9-7-17(8-16-9)14-5-12-10(2)11(3)13(12)6-15(14)18-4/h5-8,10-11H,1-4H3. The molecule has 2 aromatic rings. The molecule has 0 amide bonds. The fraction of sp³-hybridized carbons (Fsp3) is 0.400. The van der Waals surface area contributed by atoms with Crippen LogP contribution in [0.3, 0.4) is 0 Å². The zero-order valence-corrected chi connectivity index (χ0v) is 11.3. The summed E-state index contributed by atoms with van der Waals surface area (Å²) in [6.45, 7) is 6.55. The monoisotopic (exact) mass is 242 g/mol. The van der Waals surface area contributed by atoms with Crippen LogP contribution in [0.5, 0.6) is 5.75 Å². The van der Waals surface area contributed by atoms with Gasteiger partial charge in [0.25, 0.3) is 0 Å². The second kappa shape index (κ2) is 3.87. The lowest BCUT2D eigenvalue weighted by Crippen LogP contribution is -2.20. The molecule has 1 aromatic carbocycles. The van der Waals surface area contributed by atoms with E-state index < -0.39 is 0 Å². The van der Waals surface area contributed by atoms with Crippen LogP contribution in [0, 0.1) is 6.92 Å². The molecule has 0 spiro atoms. The Morgan fingerprint density at radius 2 is 1.83 bits per heavy atom. The molecule has 0 saturated heterocycles. The van der Waals surface area contributed by atoms with Crippen molar-refractivity contribution in [3.63, 3.8) is 0 Å². The highest BCUT2D eigenvalue weighted by Crippen LogP contribution is 2.48. The van der Waals surface area contributed by atoms with Gasteiger partial charge >= 0.3 is 0 Å². The van der Waals surface area contributed by atoms with Crippen LogP contribution in [0.1, 0.15) is 42.5 Å². The van der Waals surface area contributed by atoms with Crippen molar-refractivity contribution < 1.29 is 4.74 Å². The number of methoxy groups -OCH3 is 1. The van der Waals surface area contributed by atoms with Gasteiger partial charge in [-0.3, -0.25) is 0 Å². The Balaban J connectivity index is 2.15. The lowest BCUT2D eigenvalue weighted by Gasteiger charge is -2.36. The largest absolute Gasteiger partial charge is 0.495 e. The van der Waals surface area contributed by atoms with Crippen molar-refractivity contribution in [2.75, 3.05) is 7.11 Å². The molecule has 1 aromatic heterocycles. The maximum absolute atomic E-state index is 5.51. The van der Waals surface area contributed by atoms with Crippen LogP contribution in [0.15, 0.2) is 24.7 Å². The van der Waals surface area contributed by atoms with Crippen LogP contribution in [0.4, 0.5) is 0 Å². The van der Waals surface area contributed by atoms with Crippen molar-refractivity contribution in [2.45, 2.75) is 32.6 Å². The maximum atomic E-state index is 5.51. The van der Waals surface area contributed by atoms with Crippen LogP contribution in [0.25, 0.3) is 5.69 Å². The molecule has 1 aliphatic carbocycles.